The Kier molecular flexibility index (Phi) is 8.63. The second-order valence-electron chi connectivity index (χ2n) is 9.32. The Morgan fingerprint density at radius 2 is 1.71 bits per heavy atom. The minimum Gasteiger partial charge on any atom is -0.478 e. The molecule has 0 aromatic heterocycles. The lowest BCUT2D eigenvalue weighted by Gasteiger charge is -2.18. The average Bonchev–Trinajstić information content (AvgIpc) is 3.41. The minimum absolute atomic E-state index is 0.0576. The van der Waals surface area contributed by atoms with E-state index in [9.17, 15) is 22.8 Å². The van der Waals surface area contributed by atoms with Crippen molar-refractivity contribution >= 4 is 17.6 Å². The zero-order chi connectivity index (χ0) is 27.1. The Balaban J connectivity index is 0.000000177. The van der Waals surface area contributed by atoms with E-state index in [4.69, 9.17) is 5.11 Å². The molecule has 0 spiro atoms. The van der Waals surface area contributed by atoms with Gasteiger partial charge in [-0.1, -0.05) is 48.0 Å². The summed E-state index contributed by atoms with van der Waals surface area (Å²) in [6.45, 7) is 1.97. The molecule has 0 bridgehead atoms. The maximum absolute atomic E-state index is 12.4. The monoisotopic (exact) mass is 522 g/mol. The van der Waals surface area contributed by atoms with Crippen LogP contribution in [0.2, 0.25) is 0 Å². The number of alkyl halides is 3. The van der Waals surface area contributed by atoms with E-state index in [1.54, 1.807) is 18.2 Å². The minimum atomic E-state index is -4.40. The van der Waals surface area contributed by atoms with Crippen molar-refractivity contribution in [2.45, 2.75) is 44.8 Å². The molecule has 5 rings (SSSR count). The predicted octanol–water partition coefficient (Wildman–Crippen LogP) is 6.84. The topological polar surface area (TPSA) is 78.4 Å². The van der Waals surface area contributed by atoms with E-state index in [-0.39, 0.29) is 11.5 Å². The molecule has 38 heavy (non-hydrogen) atoms. The van der Waals surface area contributed by atoms with Gasteiger partial charge >= 0.3 is 12.1 Å². The van der Waals surface area contributed by atoms with Gasteiger partial charge in [-0.2, -0.15) is 13.2 Å². The molecule has 198 valence electrons. The zero-order valence-electron chi connectivity index (χ0n) is 20.8. The average molecular weight is 523 g/mol. The highest BCUT2D eigenvalue weighted by atomic mass is 19.4. The van der Waals surface area contributed by atoms with Crippen LogP contribution in [0.5, 0.6) is 0 Å². The van der Waals surface area contributed by atoms with E-state index in [1.165, 1.54) is 41.3 Å². The maximum Gasteiger partial charge on any atom is 0.416 e. The highest BCUT2D eigenvalue weighted by Crippen LogP contribution is 2.32. The number of carbonyl (C=O) groups excluding carboxylic acids is 1. The van der Waals surface area contributed by atoms with E-state index in [2.05, 4.69) is 28.8 Å². The SMILES string of the molecule is O=C(CC1=CCCC1)Nc1ccc2c(c1)CCNC2.O=C(O)c1ccccc1-c1ccc(C(F)(F)F)cc1. The van der Waals surface area contributed by atoms with Crippen LogP contribution in [0.1, 0.15) is 52.7 Å². The van der Waals surface area contributed by atoms with Crippen molar-refractivity contribution in [1.82, 2.24) is 5.32 Å². The number of fused-ring (bicyclic) bond motifs is 1. The van der Waals surface area contributed by atoms with Crippen LogP contribution in [0.3, 0.4) is 0 Å². The summed E-state index contributed by atoms with van der Waals surface area (Å²) in [5.41, 5.74) is 5.06. The van der Waals surface area contributed by atoms with Gasteiger partial charge in [-0.25, -0.2) is 4.79 Å². The first-order valence-corrected chi connectivity index (χ1v) is 12.5. The number of anilines is 1. The first-order valence-electron chi connectivity index (χ1n) is 12.5. The summed E-state index contributed by atoms with van der Waals surface area (Å²) in [6.07, 6.45) is 2.83. The van der Waals surface area contributed by atoms with Crippen molar-refractivity contribution in [1.29, 1.82) is 0 Å². The molecule has 0 fully saturated rings. The number of allylic oxidation sites excluding steroid dienone is 1. The van der Waals surface area contributed by atoms with Gasteiger partial charge in [0.2, 0.25) is 5.91 Å². The van der Waals surface area contributed by atoms with Gasteiger partial charge in [-0.05, 0) is 84.8 Å². The van der Waals surface area contributed by atoms with E-state index in [1.807, 2.05) is 6.07 Å². The molecule has 1 heterocycles. The Morgan fingerprint density at radius 3 is 2.39 bits per heavy atom. The van der Waals surface area contributed by atoms with Gasteiger partial charge in [0.25, 0.3) is 0 Å². The molecular weight excluding hydrogens is 493 g/mol. The van der Waals surface area contributed by atoms with Crippen LogP contribution in [0.15, 0.2) is 78.4 Å². The molecule has 0 radical (unpaired) electrons. The first kappa shape index (κ1) is 27.1. The lowest BCUT2D eigenvalue weighted by molar-refractivity contribution is -0.137. The number of halogens is 3. The molecule has 1 amide bonds. The Hall–Kier alpha value is -3.91. The molecule has 0 saturated heterocycles. The standard InChI is InChI=1S/C16H20N2O.C14H9F3O2/c19-16(9-12-3-1-2-4-12)18-15-6-5-14-11-17-8-7-13(14)10-15;15-14(16,17)10-7-5-9(6-8-10)11-3-1-2-4-12(11)13(18)19/h3,5-6,10,17H,1-2,4,7-9,11H2,(H,18,19);1-8H,(H,18,19). The lowest BCUT2D eigenvalue weighted by atomic mass is 9.99. The molecule has 1 aliphatic heterocycles. The van der Waals surface area contributed by atoms with Crippen molar-refractivity contribution < 1.29 is 27.9 Å². The summed E-state index contributed by atoms with van der Waals surface area (Å²) in [6, 6.07) is 16.8. The van der Waals surface area contributed by atoms with Gasteiger partial charge in [0.1, 0.15) is 0 Å². The Morgan fingerprint density at radius 1 is 0.947 bits per heavy atom. The Bertz CT molecular complexity index is 1330. The number of rotatable bonds is 5. The van der Waals surface area contributed by atoms with Crippen LogP contribution < -0.4 is 10.6 Å². The molecule has 5 nitrogen and oxygen atoms in total. The van der Waals surface area contributed by atoms with Gasteiger partial charge in [0.15, 0.2) is 0 Å². The molecular formula is C30H29F3N2O3. The molecule has 3 N–H and O–H groups in total. The molecule has 1 aliphatic carbocycles. The van der Waals surface area contributed by atoms with Crippen molar-refractivity contribution in [3.8, 4) is 11.1 Å². The van der Waals surface area contributed by atoms with Crippen molar-refractivity contribution in [3.63, 3.8) is 0 Å². The second-order valence-corrected chi connectivity index (χ2v) is 9.32. The third-order valence-corrected chi connectivity index (χ3v) is 6.58. The van der Waals surface area contributed by atoms with Crippen LogP contribution in [-0.2, 0) is 23.9 Å². The van der Waals surface area contributed by atoms with Gasteiger partial charge in [0.05, 0.1) is 11.1 Å². The van der Waals surface area contributed by atoms with Crippen molar-refractivity contribution in [2.24, 2.45) is 0 Å². The second kappa shape index (κ2) is 12.1. The third kappa shape index (κ3) is 7.10. The lowest BCUT2D eigenvalue weighted by Crippen LogP contribution is -2.23. The van der Waals surface area contributed by atoms with Gasteiger partial charge < -0.3 is 15.7 Å². The van der Waals surface area contributed by atoms with Crippen LogP contribution in [0, 0.1) is 0 Å². The van der Waals surface area contributed by atoms with E-state index >= 15 is 0 Å². The summed E-state index contributed by atoms with van der Waals surface area (Å²) in [5.74, 6) is -1.00. The fourth-order valence-electron chi connectivity index (χ4n) is 4.62. The molecule has 0 saturated carbocycles. The van der Waals surface area contributed by atoms with Crippen molar-refractivity contribution in [3.05, 3.63) is 101 Å². The summed E-state index contributed by atoms with van der Waals surface area (Å²) in [7, 11) is 0. The number of nitrogens with one attached hydrogen (secondary N) is 2. The van der Waals surface area contributed by atoms with Crippen LogP contribution in [-0.4, -0.2) is 23.5 Å². The molecule has 3 aromatic rings. The molecule has 0 atom stereocenters. The van der Waals surface area contributed by atoms with Crippen molar-refractivity contribution in [2.75, 3.05) is 11.9 Å². The molecule has 8 heteroatoms. The summed E-state index contributed by atoms with van der Waals surface area (Å²) in [5, 5.41) is 15.4. The summed E-state index contributed by atoms with van der Waals surface area (Å²) >= 11 is 0. The highest BCUT2D eigenvalue weighted by molar-refractivity contribution is 5.96. The number of aromatic carboxylic acids is 1. The fraction of sp³-hybridized carbons (Fsp3) is 0.267. The van der Waals surface area contributed by atoms with Gasteiger partial charge in [-0.3, -0.25) is 4.79 Å². The number of carboxylic acid groups (broad SMARTS) is 1. The number of hydrogen-bond acceptors (Lipinski definition) is 3. The van der Waals surface area contributed by atoms with E-state index in [0.29, 0.717) is 17.5 Å². The van der Waals surface area contributed by atoms with Crippen LogP contribution >= 0.6 is 0 Å². The Labute approximate surface area is 219 Å². The zero-order valence-corrected chi connectivity index (χ0v) is 20.8. The number of benzene rings is 3. The van der Waals surface area contributed by atoms with E-state index < -0.39 is 17.7 Å². The van der Waals surface area contributed by atoms with Crippen LogP contribution in [0.4, 0.5) is 18.9 Å². The molecule has 0 unspecified atom stereocenters. The number of amides is 1. The van der Waals surface area contributed by atoms with Gasteiger partial charge in [-0.15, -0.1) is 0 Å². The predicted molar refractivity (Wildman–Crippen MR) is 141 cm³/mol. The summed E-state index contributed by atoms with van der Waals surface area (Å²) in [4.78, 5) is 23.0. The number of carbonyl (C=O) groups is 2. The number of carboxylic acids is 1. The fourth-order valence-corrected chi connectivity index (χ4v) is 4.62. The first-order chi connectivity index (χ1) is 18.2. The highest BCUT2D eigenvalue weighted by Gasteiger charge is 2.30. The van der Waals surface area contributed by atoms with Crippen LogP contribution in [0.25, 0.3) is 11.1 Å². The maximum atomic E-state index is 12.4. The normalized spacial score (nSPS) is 14.6. The molecule has 2 aliphatic rings. The largest absolute Gasteiger partial charge is 0.478 e. The van der Waals surface area contributed by atoms with Gasteiger partial charge in [0, 0.05) is 18.7 Å². The smallest absolute Gasteiger partial charge is 0.416 e. The summed E-state index contributed by atoms with van der Waals surface area (Å²) < 4.78 is 37.3. The number of hydrogen-bond donors (Lipinski definition) is 3. The third-order valence-electron chi connectivity index (χ3n) is 6.58. The van der Waals surface area contributed by atoms with E-state index in [0.717, 1.165) is 50.2 Å². The molecule has 3 aromatic carbocycles. The quantitative estimate of drug-likeness (QED) is 0.321.